The van der Waals surface area contributed by atoms with E-state index in [1.54, 1.807) is 13.2 Å². The summed E-state index contributed by atoms with van der Waals surface area (Å²) in [6.07, 6.45) is 4.44. The first-order chi connectivity index (χ1) is 8.80. The van der Waals surface area contributed by atoms with Crippen LogP contribution in [0.25, 0.3) is 0 Å². The maximum absolute atomic E-state index is 5.37. The third-order valence-corrected chi connectivity index (χ3v) is 2.97. The minimum absolute atomic E-state index is 0.372. The van der Waals surface area contributed by atoms with Crippen molar-refractivity contribution >= 4 is 23.4 Å². The highest BCUT2D eigenvalue weighted by Gasteiger charge is 2.03. The van der Waals surface area contributed by atoms with E-state index >= 15 is 0 Å². The minimum Gasteiger partial charge on any atom is -0.377 e. The molecule has 0 aliphatic carbocycles. The van der Waals surface area contributed by atoms with E-state index in [4.69, 9.17) is 10.6 Å². The van der Waals surface area contributed by atoms with Crippen LogP contribution in [0, 0.1) is 0 Å². The molecule has 0 unspecified atom stereocenters. The third-order valence-electron chi connectivity index (χ3n) is 2.28. The van der Waals surface area contributed by atoms with Crippen molar-refractivity contribution in [1.82, 2.24) is 9.97 Å². The van der Waals surface area contributed by atoms with Gasteiger partial charge in [0.05, 0.1) is 0 Å². The summed E-state index contributed by atoms with van der Waals surface area (Å²) < 4.78 is 5.02. The van der Waals surface area contributed by atoms with E-state index in [9.17, 15) is 0 Å². The maximum atomic E-state index is 5.37. The van der Waals surface area contributed by atoms with E-state index in [1.807, 2.05) is 11.8 Å². The van der Waals surface area contributed by atoms with Gasteiger partial charge in [-0.25, -0.2) is 15.8 Å². The Kier molecular flexibility index (Phi) is 7.47. The van der Waals surface area contributed by atoms with Crippen LogP contribution in [0.15, 0.2) is 6.07 Å². The molecule has 1 rings (SSSR count). The Balaban J connectivity index is 2.50. The molecule has 0 radical (unpaired) electrons. The summed E-state index contributed by atoms with van der Waals surface area (Å²) in [4.78, 5) is 8.52. The van der Waals surface area contributed by atoms with Crippen molar-refractivity contribution < 1.29 is 4.74 Å². The number of unbranched alkanes of at least 4 members (excludes halogenated alkanes) is 1. The van der Waals surface area contributed by atoms with Gasteiger partial charge in [-0.15, -0.1) is 0 Å². The van der Waals surface area contributed by atoms with E-state index in [1.165, 1.54) is 12.2 Å². The van der Waals surface area contributed by atoms with Gasteiger partial charge in [-0.3, -0.25) is 0 Å². The zero-order chi connectivity index (χ0) is 13.2. The zero-order valence-corrected chi connectivity index (χ0v) is 11.7. The zero-order valence-electron chi connectivity index (χ0n) is 10.9. The molecular formula is C11H21N5OS. The quantitative estimate of drug-likeness (QED) is 0.356. The van der Waals surface area contributed by atoms with Gasteiger partial charge in [0, 0.05) is 19.7 Å². The number of nitrogens with one attached hydrogen (secondary N) is 2. The molecule has 0 aromatic carbocycles. The molecule has 18 heavy (non-hydrogen) atoms. The van der Waals surface area contributed by atoms with Crippen LogP contribution < -0.4 is 16.6 Å². The van der Waals surface area contributed by atoms with Crippen molar-refractivity contribution in [2.75, 3.05) is 36.4 Å². The average molecular weight is 271 g/mol. The molecule has 0 bridgehead atoms. The van der Waals surface area contributed by atoms with Gasteiger partial charge in [-0.1, -0.05) is 0 Å². The van der Waals surface area contributed by atoms with E-state index in [0.29, 0.717) is 18.2 Å². The lowest BCUT2D eigenvalue weighted by atomic mass is 10.3. The second-order valence-corrected chi connectivity index (χ2v) is 4.74. The second-order valence-electron chi connectivity index (χ2n) is 3.76. The molecule has 102 valence electrons. The Morgan fingerprint density at radius 2 is 2.11 bits per heavy atom. The average Bonchev–Trinajstić information content (AvgIpc) is 2.38. The second kappa shape index (κ2) is 8.96. The molecule has 0 saturated carbocycles. The van der Waals surface area contributed by atoms with Gasteiger partial charge in [0.2, 0.25) is 0 Å². The molecule has 0 amide bonds. The molecule has 0 aliphatic rings. The van der Waals surface area contributed by atoms with Crippen molar-refractivity contribution in [3.8, 4) is 0 Å². The van der Waals surface area contributed by atoms with Gasteiger partial charge >= 0.3 is 0 Å². The topological polar surface area (TPSA) is 85.1 Å². The van der Waals surface area contributed by atoms with Crippen LogP contribution >= 0.6 is 11.8 Å². The molecule has 6 nitrogen and oxygen atoms in total. The molecule has 1 aromatic heterocycles. The van der Waals surface area contributed by atoms with E-state index in [0.717, 1.165) is 18.8 Å². The van der Waals surface area contributed by atoms with Crippen molar-refractivity contribution in [3.63, 3.8) is 0 Å². The summed E-state index contributed by atoms with van der Waals surface area (Å²) in [7, 11) is 1.61. The molecule has 0 atom stereocenters. The number of hydrogen-bond acceptors (Lipinski definition) is 7. The minimum atomic E-state index is 0.372. The summed E-state index contributed by atoms with van der Waals surface area (Å²) in [5.41, 5.74) is 2.53. The van der Waals surface area contributed by atoms with Gasteiger partial charge in [0.25, 0.3) is 0 Å². The first-order valence-electron chi connectivity index (χ1n) is 5.86. The Labute approximate surface area is 112 Å². The van der Waals surface area contributed by atoms with Gasteiger partial charge in [-0.2, -0.15) is 11.8 Å². The SMILES string of the molecule is COCc1nc(NN)cc(NCCCCSC)n1. The fraction of sp³-hybridized carbons (Fsp3) is 0.636. The highest BCUT2D eigenvalue weighted by molar-refractivity contribution is 7.98. The monoisotopic (exact) mass is 271 g/mol. The molecule has 0 aliphatic heterocycles. The normalized spacial score (nSPS) is 10.4. The fourth-order valence-corrected chi connectivity index (χ4v) is 1.94. The first-order valence-corrected chi connectivity index (χ1v) is 7.26. The van der Waals surface area contributed by atoms with Crippen LogP contribution in [0.4, 0.5) is 11.6 Å². The molecule has 1 heterocycles. The summed E-state index contributed by atoms with van der Waals surface area (Å²) in [6.45, 7) is 1.27. The van der Waals surface area contributed by atoms with Crippen LogP contribution in [0.2, 0.25) is 0 Å². The number of rotatable bonds is 9. The number of hydrogen-bond donors (Lipinski definition) is 3. The Morgan fingerprint density at radius 1 is 1.33 bits per heavy atom. The number of hydrazine groups is 1. The van der Waals surface area contributed by atoms with Crippen LogP contribution in [-0.4, -0.2) is 35.6 Å². The Bertz CT molecular complexity index is 350. The van der Waals surface area contributed by atoms with Crippen molar-refractivity contribution in [2.24, 2.45) is 5.84 Å². The smallest absolute Gasteiger partial charge is 0.158 e. The van der Waals surface area contributed by atoms with Gasteiger partial charge in [0.1, 0.15) is 18.2 Å². The Hall–Kier alpha value is -1.05. The molecule has 7 heteroatoms. The summed E-state index contributed by atoms with van der Waals surface area (Å²) in [5, 5.41) is 3.27. The van der Waals surface area contributed by atoms with Crippen LogP contribution in [0.1, 0.15) is 18.7 Å². The van der Waals surface area contributed by atoms with Crippen LogP contribution in [0.3, 0.4) is 0 Å². The van der Waals surface area contributed by atoms with E-state index in [-0.39, 0.29) is 0 Å². The van der Waals surface area contributed by atoms with Gasteiger partial charge in [-0.05, 0) is 24.9 Å². The lowest BCUT2D eigenvalue weighted by molar-refractivity contribution is 0.178. The number of thioether (sulfide) groups is 1. The van der Waals surface area contributed by atoms with Crippen molar-refractivity contribution in [1.29, 1.82) is 0 Å². The number of ether oxygens (including phenoxy) is 1. The number of anilines is 2. The van der Waals surface area contributed by atoms with Crippen LogP contribution in [0.5, 0.6) is 0 Å². The highest BCUT2D eigenvalue weighted by atomic mass is 32.2. The third kappa shape index (κ3) is 5.52. The van der Waals surface area contributed by atoms with E-state index in [2.05, 4.69) is 27.0 Å². The predicted octanol–water partition coefficient (Wildman–Crippen LogP) is 1.46. The van der Waals surface area contributed by atoms with Crippen molar-refractivity contribution in [2.45, 2.75) is 19.4 Å². The first kappa shape index (κ1) is 15.0. The summed E-state index contributed by atoms with van der Waals surface area (Å²) in [6, 6.07) is 1.79. The predicted molar refractivity (Wildman–Crippen MR) is 76.7 cm³/mol. The lowest BCUT2D eigenvalue weighted by Gasteiger charge is -2.09. The molecular weight excluding hydrogens is 250 g/mol. The van der Waals surface area contributed by atoms with Gasteiger partial charge < -0.3 is 15.5 Å². The molecule has 1 aromatic rings. The summed E-state index contributed by atoms with van der Waals surface area (Å²) in [5.74, 6) is 8.53. The lowest BCUT2D eigenvalue weighted by Crippen LogP contribution is -2.13. The standard InChI is InChI=1S/C11H21N5OS/c1-17-8-11-14-9(7-10(15-11)16-12)13-5-3-4-6-18-2/h7H,3-6,8,12H2,1-2H3,(H2,13,14,15,16). The number of nitrogen functional groups attached to an aromatic ring is 1. The van der Waals surface area contributed by atoms with E-state index < -0.39 is 0 Å². The largest absolute Gasteiger partial charge is 0.377 e. The molecule has 0 fully saturated rings. The fourth-order valence-electron chi connectivity index (χ4n) is 1.44. The number of methoxy groups -OCH3 is 1. The summed E-state index contributed by atoms with van der Waals surface area (Å²) >= 11 is 1.87. The molecule has 0 spiro atoms. The molecule has 0 saturated heterocycles. The maximum Gasteiger partial charge on any atom is 0.158 e. The Morgan fingerprint density at radius 3 is 2.78 bits per heavy atom. The van der Waals surface area contributed by atoms with Crippen molar-refractivity contribution in [3.05, 3.63) is 11.9 Å². The molecule has 4 N–H and O–H groups in total. The van der Waals surface area contributed by atoms with Crippen LogP contribution in [-0.2, 0) is 11.3 Å². The highest BCUT2D eigenvalue weighted by Crippen LogP contribution is 2.11. The van der Waals surface area contributed by atoms with Gasteiger partial charge in [0.15, 0.2) is 5.82 Å². The number of aromatic nitrogens is 2. The number of nitrogens with zero attached hydrogens (tertiary/aromatic N) is 2. The number of nitrogens with two attached hydrogens (primary N) is 1.